The molecule has 0 aromatic carbocycles. The van der Waals surface area contributed by atoms with E-state index in [-0.39, 0.29) is 5.97 Å². The van der Waals surface area contributed by atoms with Gasteiger partial charge in [-0.2, -0.15) is 17.7 Å². The zero-order valence-corrected chi connectivity index (χ0v) is 25.0. The molecule has 3 aliphatic rings. The van der Waals surface area contributed by atoms with Crippen LogP contribution in [0.15, 0.2) is 0 Å². The van der Waals surface area contributed by atoms with Gasteiger partial charge in [-0.05, 0) is 156 Å². The quantitative estimate of drug-likeness (QED) is 0.160. The number of rotatable bonds is 16. The lowest BCUT2D eigenvalue weighted by atomic mass is 9.50. The molecule has 3 aliphatic carbocycles. The topological polar surface area (TPSA) is 102 Å². The van der Waals surface area contributed by atoms with E-state index in [0.717, 1.165) is 68.6 Å². The number of hydrogen-bond acceptors (Lipinski definition) is 7. The molecular weight excluding hydrogens is 480 g/mol. The molecule has 37 heavy (non-hydrogen) atoms. The summed E-state index contributed by atoms with van der Waals surface area (Å²) in [5.41, 5.74) is 6.08. The van der Waals surface area contributed by atoms with Crippen molar-refractivity contribution in [2.45, 2.75) is 103 Å². The zero-order valence-electron chi connectivity index (χ0n) is 24.1. The molecule has 0 saturated heterocycles. The number of hydrogen-bond donors (Lipinski definition) is 4. The predicted molar refractivity (Wildman–Crippen MR) is 157 cm³/mol. The number of nitrogens with two attached hydrogens (primary N) is 2. The minimum absolute atomic E-state index is 0.271. The van der Waals surface area contributed by atoms with E-state index in [1.54, 1.807) is 0 Å². The minimum Gasteiger partial charge on any atom is -0.373 e. The summed E-state index contributed by atoms with van der Waals surface area (Å²) in [5, 5.41) is 7.49. The van der Waals surface area contributed by atoms with Crippen LogP contribution in [-0.4, -0.2) is 50.2 Å². The van der Waals surface area contributed by atoms with Crippen molar-refractivity contribution in [3.05, 3.63) is 0 Å². The Labute approximate surface area is 231 Å². The molecule has 0 aromatic rings. The third-order valence-electron chi connectivity index (χ3n) is 10.7. The minimum atomic E-state index is -0.271. The molecule has 216 valence electrons. The van der Waals surface area contributed by atoms with Gasteiger partial charge >= 0.3 is 5.97 Å². The van der Waals surface area contributed by atoms with Gasteiger partial charge in [0.25, 0.3) is 0 Å². The summed E-state index contributed by atoms with van der Waals surface area (Å²) >= 11 is 2.08. The van der Waals surface area contributed by atoms with Crippen molar-refractivity contribution in [2.75, 3.05) is 38.2 Å². The van der Waals surface area contributed by atoms with Gasteiger partial charge in [0, 0.05) is 12.5 Å². The van der Waals surface area contributed by atoms with Gasteiger partial charge in [-0.25, -0.2) is 0 Å². The molecule has 3 saturated carbocycles. The Bertz CT molecular complexity index is 667. The molecule has 6 N–H and O–H groups in total. The summed E-state index contributed by atoms with van der Waals surface area (Å²) in [5.74, 6) is 10.9. The molecular formula is C30H58N4O2S. The van der Waals surface area contributed by atoms with Crippen LogP contribution in [0.25, 0.3) is 0 Å². The molecule has 0 heterocycles. The van der Waals surface area contributed by atoms with E-state index >= 15 is 0 Å². The van der Waals surface area contributed by atoms with Crippen LogP contribution in [0, 0.1) is 40.9 Å². The van der Waals surface area contributed by atoms with E-state index in [9.17, 15) is 4.79 Å². The Balaban J connectivity index is 1.47. The highest BCUT2D eigenvalue weighted by Gasteiger charge is 2.52. The standard InChI is InChI=1S/C30H58N4O2S/c1-22(7-12-29(35)36-32)23-8-9-24(19-23)27-11-10-25-20-26(13-14-30(25,2)28(27)21-37-3)34-18-6-17-33-16-5-4-15-31/h22-28,33-34H,4-21,31-32H2,1-3H3. The molecule has 0 spiro atoms. The van der Waals surface area contributed by atoms with E-state index in [4.69, 9.17) is 11.6 Å². The lowest BCUT2D eigenvalue weighted by Crippen LogP contribution is -2.52. The molecule has 8 unspecified atom stereocenters. The summed E-state index contributed by atoms with van der Waals surface area (Å²) < 4.78 is 0. The Morgan fingerprint density at radius 1 is 1.08 bits per heavy atom. The molecule has 6 nitrogen and oxygen atoms in total. The zero-order chi connectivity index (χ0) is 26.7. The summed E-state index contributed by atoms with van der Waals surface area (Å²) in [7, 11) is 0. The van der Waals surface area contributed by atoms with Crippen LogP contribution in [0.2, 0.25) is 0 Å². The number of thioether (sulfide) groups is 1. The second-order valence-electron chi connectivity index (χ2n) is 12.9. The molecule has 7 heteroatoms. The van der Waals surface area contributed by atoms with Crippen molar-refractivity contribution >= 4 is 17.7 Å². The van der Waals surface area contributed by atoms with Crippen molar-refractivity contribution in [1.82, 2.24) is 10.6 Å². The fourth-order valence-electron chi connectivity index (χ4n) is 8.32. The Morgan fingerprint density at radius 2 is 1.89 bits per heavy atom. The Hall–Kier alpha value is -0.340. The maximum Gasteiger partial charge on any atom is 0.324 e. The summed E-state index contributed by atoms with van der Waals surface area (Å²) in [4.78, 5) is 15.9. The van der Waals surface area contributed by atoms with Crippen LogP contribution in [0.3, 0.4) is 0 Å². The SMILES string of the molecule is CSCC1C(C2CCC(C(C)CCC(=O)ON)C2)CCC2CC(NCCCNCCCCN)CCC21C. The molecule has 8 atom stereocenters. The third kappa shape index (κ3) is 8.83. The Morgan fingerprint density at radius 3 is 2.65 bits per heavy atom. The molecule has 0 aliphatic heterocycles. The average Bonchev–Trinajstić information content (AvgIpc) is 3.39. The molecule has 3 fully saturated rings. The predicted octanol–water partition coefficient (Wildman–Crippen LogP) is 5.11. The maximum absolute atomic E-state index is 11.5. The van der Waals surface area contributed by atoms with Crippen LogP contribution in [0.5, 0.6) is 0 Å². The number of fused-ring (bicyclic) bond motifs is 1. The monoisotopic (exact) mass is 538 g/mol. The largest absolute Gasteiger partial charge is 0.373 e. The number of carbonyl (C=O) groups is 1. The fourth-order valence-corrected chi connectivity index (χ4v) is 9.31. The van der Waals surface area contributed by atoms with Gasteiger partial charge in [0.05, 0.1) is 0 Å². The Kier molecular flexibility index (Phi) is 13.5. The van der Waals surface area contributed by atoms with E-state index in [2.05, 4.69) is 47.3 Å². The number of carbonyl (C=O) groups excluding carboxylic acids is 1. The normalized spacial score (nSPS) is 34.7. The summed E-state index contributed by atoms with van der Waals surface area (Å²) in [6, 6.07) is 0.707. The first-order valence-electron chi connectivity index (χ1n) is 15.5. The average molecular weight is 539 g/mol. The van der Waals surface area contributed by atoms with Crippen molar-refractivity contribution in [3.8, 4) is 0 Å². The van der Waals surface area contributed by atoms with Crippen LogP contribution in [-0.2, 0) is 9.63 Å². The van der Waals surface area contributed by atoms with E-state index in [0.29, 0.717) is 23.8 Å². The first-order chi connectivity index (χ1) is 17.9. The lowest BCUT2D eigenvalue weighted by Gasteiger charge is -2.56. The van der Waals surface area contributed by atoms with Crippen LogP contribution in [0.1, 0.15) is 97.3 Å². The lowest BCUT2D eigenvalue weighted by molar-refractivity contribution is -0.144. The molecule has 0 aromatic heterocycles. The van der Waals surface area contributed by atoms with Gasteiger partial charge in [-0.15, -0.1) is 0 Å². The van der Waals surface area contributed by atoms with Crippen molar-refractivity contribution in [3.63, 3.8) is 0 Å². The van der Waals surface area contributed by atoms with Crippen molar-refractivity contribution in [2.24, 2.45) is 52.6 Å². The molecule has 0 amide bonds. The third-order valence-corrected chi connectivity index (χ3v) is 11.4. The molecule has 0 bridgehead atoms. The first-order valence-corrected chi connectivity index (χ1v) is 16.8. The fraction of sp³-hybridized carbons (Fsp3) is 0.967. The maximum atomic E-state index is 11.5. The highest BCUT2D eigenvalue weighted by Crippen LogP contribution is 2.59. The van der Waals surface area contributed by atoms with Crippen LogP contribution in [0.4, 0.5) is 0 Å². The number of nitrogens with one attached hydrogen (secondary N) is 2. The van der Waals surface area contributed by atoms with Gasteiger partial charge in [-0.1, -0.05) is 13.8 Å². The van der Waals surface area contributed by atoms with Gasteiger partial charge in [0.15, 0.2) is 0 Å². The van der Waals surface area contributed by atoms with Gasteiger partial charge < -0.3 is 21.2 Å². The van der Waals surface area contributed by atoms with Gasteiger partial charge in [-0.3, -0.25) is 4.79 Å². The van der Waals surface area contributed by atoms with Crippen molar-refractivity contribution in [1.29, 1.82) is 0 Å². The summed E-state index contributed by atoms with van der Waals surface area (Å²) in [6.45, 7) is 9.16. The van der Waals surface area contributed by atoms with Crippen LogP contribution < -0.4 is 22.3 Å². The van der Waals surface area contributed by atoms with Gasteiger partial charge in [0.2, 0.25) is 0 Å². The first kappa shape index (κ1) is 31.2. The summed E-state index contributed by atoms with van der Waals surface area (Å²) in [6.07, 6.45) is 18.2. The highest BCUT2D eigenvalue weighted by molar-refractivity contribution is 7.98. The van der Waals surface area contributed by atoms with Gasteiger partial charge in [0.1, 0.15) is 0 Å². The number of unbranched alkanes of at least 4 members (excludes halogenated alkanes) is 1. The second-order valence-corrected chi connectivity index (χ2v) is 13.8. The second kappa shape index (κ2) is 16.1. The smallest absolute Gasteiger partial charge is 0.324 e. The van der Waals surface area contributed by atoms with E-state index < -0.39 is 0 Å². The highest BCUT2D eigenvalue weighted by atomic mass is 32.2. The molecule has 3 rings (SSSR count). The van der Waals surface area contributed by atoms with E-state index in [1.165, 1.54) is 70.0 Å². The van der Waals surface area contributed by atoms with E-state index in [1.807, 2.05) is 0 Å². The van der Waals surface area contributed by atoms with Crippen molar-refractivity contribution < 1.29 is 9.63 Å². The molecule has 0 radical (unpaired) electrons. The van der Waals surface area contributed by atoms with Crippen LogP contribution >= 0.6 is 11.8 Å².